The van der Waals surface area contributed by atoms with E-state index in [4.69, 9.17) is 15.3 Å². The Labute approximate surface area is 70.2 Å². The molecule has 1 amide bonds. The lowest BCUT2D eigenvalue weighted by Gasteiger charge is -2.23. The van der Waals surface area contributed by atoms with Gasteiger partial charge in [-0.15, -0.1) is 0 Å². The third-order valence-corrected chi connectivity index (χ3v) is 2.00. The number of aliphatic hydroxyl groups excluding tert-OH is 3. The van der Waals surface area contributed by atoms with E-state index in [0.717, 1.165) is 0 Å². The van der Waals surface area contributed by atoms with Crippen LogP contribution >= 0.6 is 0 Å². The SMILES string of the molecule is O=C1CC(O)CN1C(CO)CO. The van der Waals surface area contributed by atoms with Crippen molar-refractivity contribution in [2.45, 2.75) is 18.6 Å². The van der Waals surface area contributed by atoms with E-state index < -0.39 is 12.1 Å². The van der Waals surface area contributed by atoms with Crippen LogP contribution in [0.4, 0.5) is 0 Å². The number of hydrogen-bond acceptors (Lipinski definition) is 4. The van der Waals surface area contributed by atoms with E-state index in [1.165, 1.54) is 4.90 Å². The zero-order valence-electron chi connectivity index (χ0n) is 6.68. The van der Waals surface area contributed by atoms with Crippen LogP contribution in [-0.4, -0.2) is 58.0 Å². The normalized spacial score (nSPS) is 24.2. The van der Waals surface area contributed by atoms with Crippen molar-refractivity contribution < 1.29 is 20.1 Å². The van der Waals surface area contributed by atoms with Crippen LogP contribution in [0.25, 0.3) is 0 Å². The number of aliphatic hydroxyl groups is 3. The van der Waals surface area contributed by atoms with Gasteiger partial charge >= 0.3 is 0 Å². The van der Waals surface area contributed by atoms with E-state index in [1.54, 1.807) is 0 Å². The van der Waals surface area contributed by atoms with Crippen LogP contribution in [0.1, 0.15) is 6.42 Å². The van der Waals surface area contributed by atoms with Crippen LogP contribution in [0.15, 0.2) is 0 Å². The summed E-state index contributed by atoms with van der Waals surface area (Å²) in [7, 11) is 0. The number of amides is 1. The molecule has 0 aromatic carbocycles. The Morgan fingerprint density at radius 2 is 2.08 bits per heavy atom. The Hall–Kier alpha value is -0.650. The van der Waals surface area contributed by atoms with Gasteiger partial charge in [-0.25, -0.2) is 0 Å². The molecule has 0 radical (unpaired) electrons. The molecule has 0 aromatic rings. The van der Waals surface area contributed by atoms with Gasteiger partial charge in [0.2, 0.25) is 5.91 Å². The minimum Gasteiger partial charge on any atom is -0.394 e. The molecule has 1 rings (SSSR count). The molecule has 1 unspecified atom stereocenters. The molecule has 12 heavy (non-hydrogen) atoms. The summed E-state index contributed by atoms with van der Waals surface area (Å²) in [5, 5.41) is 26.6. The second-order valence-corrected chi connectivity index (χ2v) is 2.92. The molecule has 1 atom stereocenters. The molecule has 70 valence electrons. The molecule has 1 fully saturated rings. The summed E-state index contributed by atoms with van der Waals surface area (Å²) in [5.74, 6) is -0.212. The monoisotopic (exact) mass is 175 g/mol. The minimum absolute atomic E-state index is 0.0938. The first-order valence-corrected chi connectivity index (χ1v) is 3.88. The van der Waals surface area contributed by atoms with Crippen LogP contribution in [0.2, 0.25) is 0 Å². The lowest BCUT2D eigenvalue weighted by Crippen LogP contribution is -2.41. The van der Waals surface area contributed by atoms with Gasteiger partial charge in [0.15, 0.2) is 0 Å². The van der Waals surface area contributed by atoms with Crippen molar-refractivity contribution in [2.75, 3.05) is 19.8 Å². The molecule has 1 aliphatic rings. The molecule has 0 aromatic heterocycles. The molecule has 1 aliphatic heterocycles. The van der Waals surface area contributed by atoms with Crippen LogP contribution in [-0.2, 0) is 4.79 Å². The molecule has 5 nitrogen and oxygen atoms in total. The van der Waals surface area contributed by atoms with Crippen molar-refractivity contribution in [1.82, 2.24) is 4.90 Å². The molecule has 3 N–H and O–H groups in total. The van der Waals surface area contributed by atoms with Crippen molar-refractivity contribution in [3.05, 3.63) is 0 Å². The zero-order valence-corrected chi connectivity index (χ0v) is 6.68. The molecule has 5 heteroatoms. The Morgan fingerprint density at radius 3 is 2.42 bits per heavy atom. The van der Waals surface area contributed by atoms with E-state index in [-0.39, 0.29) is 32.1 Å². The van der Waals surface area contributed by atoms with Crippen molar-refractivity contribution in [2.24, 2.45) is 0 Å². The number of carbonyl (C=O) groups is 1. The Bertz CT molecular complexity index is 169. The lowest BCUT2D eigenvalue weighted by molar-refractivity contribution is -0.131. The second-order valence-electron chi connectivity index (χ2n) is 2.92. The predicted molar refractivity (Wildman–Crippen MR) is 40.3 cm³/mol. The number of β-amino-alcohol motifs (C(OH)–C–C–N with tert-alkyl or cyclic N) is 1. The van der Waals surface area contributed by atoms with Crippen molar-refractivity contribution in [3.63, 3.8) is 0 Å². The van der Waals surface area contributed by atoms with Crippen LogP contribution < -0.4 is 0 Å². The molecule has 1 heterocycles. The Morgan fingerprint density at radius 1 is 1.50 bits per heavy atom. The molecular weight excluding hydrogens is 162 g/mol. The Kier molecular flexibility index (Phi) is 3.02. The summed E-state index contributed by atoms with van der Waals surface area (Å²) in [5.41, 5.74) is 0. The van der Waals surface area contributed by atoms with Crippen molar-refractivity contribution in [1.29, 1.82) is 0 Å². The van der Waals surface area contributed by atoms with Gasteiger partial charge in [-0.05, 0) is 0 Å². The number of carbonyl (C=O) groups excluding carboxylic acids is 1. The maximum atomic E-state index is 11.1. The van der Waals surface area contributed by atoms with Crippen molar-refractivity contribution in [3.8, 4) is 0 Å². The number of likely N-dealkylation sites (tertiary alicyclic amines) is 1. The highest BCUT2D eigenvalue weighted by atomic mass is 16.3. The fourth-order valence-corrected chi connectivity index (χ4v) is 1.32. The number of hydrogen-bond donors (Lipinski definition) is 3. The van der Waals surface area contributed by atoms with Gasteiger partial charge < -0.3 is 20.2 Å². The first-order chi connectivity index (χ1) is 5.69. The molecule has 0 bridgehead atoms. The fourth-order valence-electron chi connectivity index (χ4n) is 1.32. The maximum Gasteiger partial charge on any atom is 0.225 e. The highest BCUT2D eigenvalue weighted by molar-refractivity contribution is 5.79. The molecule has 1 saturated heterocycles. The largest absolute Gasteiger partial charge is 0.394 e. The average Bonchev–Trinajstić information content (AvgIpc) is 2.34. The highest BCUT2D eigenvalue weighted by Gasteiger charge is 2.32. The molecule has 0 saturated carbocycles. The van der Waals surface area contributed by atoms with Gasteiger partial charge in [0, 0.05) is 6.54 Å². The van der Waals surface area contributed by atoms with E-state index in [9.17, 15) is 4.79 Å². The third kappa shape index (κ3) is 1.74. The summed E-state index contributed by atoms with van der Waals surface area (Å²) < 4.78 is 0. The third-order valence-electron chi connectivity index (χ3n) is 2.00. The predicted octanol–water partition coefficient (Wildman–Crippen LogP) is -2.07. The van der Waals surface area contributed by atoms with Crippen LogP contribution in [0.3, 0.4) is 0 Å². The van der Waals surface area contributed by atoms with Crippen LogP contribution in [0.5, 0.6) is 0 Å². The number of rotatable bonds is 3. The maximum absolute atomic E-state index is 11.1. The summed E-state index contributed by atoms with van der Waals surface area (Å²) in [6, 6.07) is -0.561. The van der Waals surface area contributed by atoms with E-state index in [1.807, 2.05) is 0 Å². The topological polar surface area (TPSA) is 81.0 Å². The van der Waals surface area contributed by atoms with E-state index >= 15 is 0 Å². The van der Waals surface area contributed by atoms with Gasteiger partial charge in [-0.3, -0.25) is 4.79 Å². The summed E-state index contributed by atoms with van der Waals surface area (Å²) in [6.07, 6.45) is -0.561. The standard InChI is InChI=1S/C7H13NO4/c9-3-5(4-10)8-2-6(11)1-7(8)12/h5-6,9-11H,1-4H2. The summed E-state index contributed by atoms with van der Waals surface area (Å²) in [4.78, 5) is 12.4. The zero-order chi connectivity index (χ0) is 9.14. The summed E-state index contributed by atoms with van der Waals surface area (Å²) in [6.45, 7) is -0.325. The van der Waals surface area contributed by atoms with E-state index in [0.29, 0.717) is 0 Å². The summed E-state index contributed by atoms with van der Waals surface area (Å²) >= 11 is 0. The van der Waals surface area contributed by atoms with Gasteiger partial charge in [-0.2, -0.15) is 0 Å². The quantitative estimate of drug-likeness (QED) is 0.460. The van der Waals surface area contributed by atoms with Crippen LogP contribution in [0, 0.1) is 0 Å². The first-order valence-electron chi connectivity index (χ1n) is 3.88. The second kappa shape index (κ2) is 3.84. The fraction of sp³-hybridized carbons (Fsp3) is 0.857. The van der Waals surface area contributed by atoms with Gasteiger partial charge in [0.25, 0.3) is 0 Å². The smallest absolute Gasteiger partial charge is 0.225 e. The molecule has 0 aliphatic carbocycles. The molecule has 0 spiro atoms. The van der Waals surface area contributed by atoms with Gasteiger partial charge in [0.05, 0.1) is 31.8 Å². The van der Waals surface area contributed by atoms with E-state index in [2.05, 4.69) is 0 Å². The average molecular weight is 175 g/mol. The first kappa shape index (κ1) is 9.44. The van der Waals surface area contributed by atoms with Gasteiger partial charge in [-0.1, -0.05) is 0 Å². The van der Waals surface area contributed by atoms with Gasteiger partial charge in [0.1, 0.15) is 0 Å². The minimum atomic E-state index is -0.655. The Balaban J connectivity index is 2.56. The molecular formula is C7H13NO4. The van der Waals surface area contributed by atoms with Crippen molar-refractivity contribution >= 4 is 5.91 Å². The highest BCUT2D eigenvalue weighted by Crippen LogP contribution is 2.13. The lowest BCUT2D eigenvalue weighted by atomic mass is 10.3. The number of nitrogens with zero attached hydrogens (tertiary/aromatic N) is 1.